The smallest absolute Gasteiger partial charge is 0.426 e. The van der Waals surface area contributed by atoms with Crippen LogP contribution in [0.15, 0.2) is 0 Å². The van der Waals surface area contributed by atoms with Crippen LogP contribution in [0.4, 0.5) is 4.79 Å². The van der Waals surface area contributed by atoms with Crippen molar-refractivity contribution in [3.05, 3.63) is 0 Å². The molecule has 0 aliphatic heterocycles. The maximum atomic E-state index is 11.7. The zero-order valence-corrected chi connectivity index (χ0v) is 10.5. The summed E-state index contributed by atoms with van der Waals surface area (Å²) in [7, 11) is -3.74. The number of hydrogen-bond donors (Lipinski definition) is 1. The second kappa shape index (κ2) is 4.21. The second-order valence-electron chi connectivity index (χ2n) is 4.71. The summed E-state index contributed by atoms with van der Waals surface area (Å²) in [4.78, 5) is 11.5. The number of carbonyl (C=O) groups excluding carboxylic acids is 1. The first-order valence-electron chi connectivity index (χ1n) is 5.04. The molecule has 1 amide bonds. The van der Waals surface area contributed by atoms with Crippen molar-refractivity contribution in [1.29, 1.82) is 0 Å². The summed E-state index contributed by atoms with van der Waals surface area (Å²) in [5.74, 6) is 0. The molecule has 1 saturated carbocycles. The SMILES string of the molecule is CC(C)(C)OC(=O)N(CO)S(=O)(=O)C1CC1. The van der Waals surface area contributed by atoms with E-state index in [4.69, 9.17) is 9.84 Å². The Morgan fingerprint density at radius 2 is 1.94 bits per heavy atom. The molecule has 1 aliphatic rings. The molecule has 0 aromatic rings. The summed E-state index contributed by atoms with van der Waals surface area (Å²) >= 11 is 0. The summed E-state index contributed by atoms with van der Waals surface area (Å²) in [5, 5.41) is 8.40. The summed E-state index contributed by atoms with van der Waals surface area (Å²) in [5.41, 5.74) is -0.788. The van der Waals surface area contributed by atoms with Crippen molar-refractivity contribution in [3.8, 4) is 0 Å². The van der Waals surface area contributed by atoms with E-state index in [0.29, 0.717) is 17.1 Å². The van der Waals surface area contributed by atoms with E-state index in [9.17, 15) is 13.2 Å². The number of nitrogens with zero attached hydrogens (tertiary/aromatic N) is 1. The Balaban J connectivity index is 2.78. The first-order valence-corrected chi connectivity index (χ1v) is 6.54. The lowest BCUT2D eigenvalue weighted by Gasteiger charge is -2.25. The molecule has 0 spiro atoms. The number of carbonyl (C=O) groups is 1. The van der Waals surface area contributed by atoms with E-state index in [0.717, 1.165) is 0 Å². The zero-order chi connectivity index (χ0) is 12.6. The Hall–Kier alpha value is -0.820. The van der Waals surface area contributed by atoms with E-state index in [-0.39, 0.29) is 0 Å². The minimum absolute atomic E-state index is 0.385. The number of hydrogen-bond acceptors (Lipinski definition) is 5. The molecule has 0 bridgehead atoms. The van der Waals surface area contributed by atoms with Gasteiger partial charge in [-0.1, -0.05) is 0 Å². The van der Waals surface area contributed by atoms with Crippen LogP contribution in [0, 0.1) is 0 Å². The van der Waals surface area contributed by atoms with Crippen molar-refractivity contribution in [1.82, 2.24) is 4.31 Å². The van der Waals surface area contributed by atoms with Gasteiger partial charge in [0.1, 0.15) is 12.3 Å². The van der Waals surface area contributed by atoms with Gasteiger partial charge in [-0.25, -0.2) is 13.2 Å². The van der Waals surface area contributed by atoms with E-state index in [2.05, 4.69) is 0 Å². The summed E-state index contributed by atoms with van der Waals surface area (Å²) in [6, 6.07) is 0. The van der Waals surface area contributed by atoms with Gasteiger partial charge in [-0.2, -0.15) is 4.31 Å². The molecule has 94 valence electrons. The highest BCUT2D eigenvalue weighted by atomic mass is 32.2. The molecule has 0 atom stereocenters. The van der Waals surface area contributed by atoms with Gasteiger partial charge in [-0.3, -0.25) is 0 Å². The lowest BCUT2D eigenvalue weighted by molar-refractivity contribution is 0.0276. The molecular formula is C9H17NO5S. The summed E-state index contributed by atoms with van der Waals surface area (Å²) < 4.78 is 28.7. The third kappa shape index (κ3) is 3.08. The fraction of sp³-hybridized carbons (Fsp3) is 0.889. The van der Waals surface area contributed by atoms with Gasteiger partial charge < -0.3 is 9.84 Å². The fourth-order valence-corrected chi connectivity index (χ4v) is 2.60. The molecule has 1 N–H and O–H groups in total. The van der Waals surface area contributed by atoms with Crippen LogP contribution in [0.5, 0.6) is 0 Å². The van der Waals surface area contributed by atoms with Crippen LogP contribution >= 0.6 is 0 Å². The zero-order valence-electron chi connectivity index (χ0n) is 9.63. The van der Waals surface area contributed by atoms with E-state index in [1.165, 1.54) is 0 Å². The average molecular weight is 251 g/mol. The van der Waals surface area contributed by atoms with Crippen LogP contribution in [0.3, 0.4) is 0 Å². The van der Waals surface area contributed by atoms with Crippen LogP contribution in [0.2, 0.25) is 0 Å². The second-order valence-corrected chi connectivity index (χ2v) is 6.85. The standard InChI is InChI=1S/C9H17NO5S/c1-9(2,3)15-8(12)10(6-11)16(13,14)7-4-5-7/h7,11H,4-6H2,1-3H3. The normalized spacial score (nSPS) is 17.0. The molecule has 1 rings (SSSR count). The van der Waals surface area contributed by atoms with Gasteiger partial charge in [-0.15, -0.1) is 0 Å². The Morgan fingerprint density at radius 3 is 2.25 bits per heavy atom. The van der Waals surface area contributed by atoms with Gasteiger partial charge in [0.15, 0.2) is 0 Å². The predicted octanol–water partition coefficient (Wildman–Crippen LogP) is 0.665. The first-order chi connectivity index (χ1) is 7.18. The molecule has 16 heavy (non-hydrogen) atoms. The Labute approximate surface area is 95.2 Å². The van der Waals surface area contributed by atoms with E-state index in [1.54, 1.807) is 20.8 Å². The molecule has 0 heterocycles. The van der Waals surface area contributed by atoms with Gasteiger partial charge >= 0.3 is 6.09 Å². The van der Waals surface area contributed by atoms with Gasteiger partial charge in [0, 0.05) is 0 Å². The molecule has 1 aliphatic carbocycles. The van der Waals surface area contributed by atoms with Gasteiger partial charge in [0.05, 0.1) is 5.25 Å². The van der Waals surface area contributed by atoms with Gasteiger partial charge in [-0.05, 0) is 33.6 Å². The van der Waals surface area contributed by atoms with Gasteiger partial charge in [0.25, 0.3) is 0 Å². The van der Waals surface area contributed by atoms with E-state index < -0.39 is 33.7 Å². The number of aliphatic hydroxyl groups is 1. The number of sulfonamides is 1. The quantitative estimate of drug-likeness (QED) is 0.745. The maximum Gasteiger partial charge on any atom is 0.426 e. The fourth-order valence-electron chi connectivity index (χ4n) is 1.10. The molecule has 0 saturated heterocycles. The third-order valence-electron chi connectivity index (χ3n) is 1.98. The monoisotopic (exact) mass is 251 g/mol. The largest absolute Gasteiger partial charge is 0.443 e. The Morgan fingerprint density at radius 1 is 1.44 bits per heavy atom. The van der Waals surface area contributed by atoms with Crippen LogP contribution in [-0.2, 0) is 14.8 Å². The van der Waals surface area contributed by atoms with E-state index in [1.807, 2.05) is 0 Å². The van der Waals surface area contributed by atoms with Crippen LogP contribution in [-0.4, -0.2) is 41.5 Å². The highest BCUT2D eigenvalue weighted by molar-refractivity contribution is 7.90. The minimum atomic E-state index is -3.74. The first kappa shape index (κ1) is 13.2. The average Bonchev–Trinajstić information content (AvgIpc) is 2.81. The minimum Gasteiger partial charge on any atom is -0.443 e. The molecule has 0 unspecified atom stereocenters. The summed E-state index contributed by atoms with van der Waals surface area (Å²) in [6.07, 6.45) is 0.0328. The number of aliphatic hydroxyl groups excluding tert-OH is 1. The van der Waals surface area contributed by atoms with Crippen molar-refractivity contribution in [2.45, 2.75) is 44.5 Å². The Kier molecular flexibility index (Phi) is 3.49. The molecule has 7 heteroatoms. The highest BCUT2D eigenvalue weighted by Gasteiger charge is 2.43. The van der Waals surface area contributed by atoms with Crippen molar-refractivity contribution < 1.29 is 23.1 Å². The van der Waals surface area contributed by atoms with Crippen LogP contribution in [0.25, 0.3) is 0 Å². The van der Waals surface area contributed by atoms with Crippen molar-refractivity contribution >= 4 is 16.1 Å². The van der Waals surface area contributed by atoms with Crippen LogP contribution in [0.1, 0.15) is 33.6 Å². The lowest BCUT2D eigenvalue weighted by Crippen LogP contribution is -2.42. The highest BCUT2D eigenvalue weighted by Crippen LogP contribution is 2.31. The number of rotatable bonds is 3. The summed E-state index contributed by atoms with van der Waals surface area (Å²) in [6.45, 7) is 4.01. The number of ether oxygens (including phenoxy) is 1. The van der Waals surface area contributed by atoms with E-state index >= 15 is 0 Å². The third-order valence-corrected chi connectivity index (χ3v) is 4.17. The van der Waals surface area contributed by atoms with Crippen LogP contribution < -0.4 is 0 Å². The lowest BCUT2D eigenvalue weighted by atomic mass is 10.2. The van der Waals surface area contributed by atoms with Crippen molar-refractivity contribution in [2.24, 2.45) is 0 Å². The van der Waals surface area contributed by atoms with Crippen molar-refractivity contribution in [2.75, 3.05) is 6.73 Å². The molecule has 6 nitrogen and oxygen atoms in total. The molecular weight excluding hydrogens is 234 g/mol. The molecule has 0 aromatic heterocycles. The van der Waals surface area contributed by atoms with Gasteiger partial charge in [0.2, 0.25) is 10.0 Å². The predicted molar refractivity (Wildman–Crippen MR) is 57.1 cm³/mol. The maximum absolute atomic E-state index is 11.7. The molecule has 1 fully saturated rings. The molecule has 0 aromatic carbocycles. The topological polar surface area (TPSA) is 83.9 Å². The molecule has 0 radical (unpaired) electrons. The Bertz CT molecular complexity index is 366. The van der Waals surface area contributed by atoms with Crippen molar-refractivity contribution in [3.63, 3.8) is 0 Å². The number of amides is 1.